The largest absolute Gasteiger partial charge is 0.0622 e. The molecule has 0 nitrogen and oxygen atoms in total. The Hall–Kier alpha value is -5.20. The maximum Gasteiger partial charge on any atom is -0.00266 e. The monoisotopic (exact) mass is 522 g/mol. The van der Waals surface area contributed by atoms with E-state index in [-0.39, 0.29) is 0 Å². The first kappa shape index (κ1) is 24.8. The Morgan fingerprint density at radius 1 is 0.293 bits per heavy atom. The Balaban J connectivity index is 0.000000135. The van der Waals surface area contributed by atoms with Crippen molar-refractivity contribution in [1.29, 1.82) is 0 Å². The van der Waals surface area contributed by atoms with Crippen LogP contribution in [0.5, 0.6) is 0 Å². The molecule has 0 heterocycles. The SMILES string of the molecule is Cc1c2ccccc2c(-c2ccccc2)c2ccccc12.c1ccc(-c2c3ccccc3cc3ccccc23)cc1. The molecule has 8 rings (SSSR count). The lowest BCUT2D eigenvalue weighted by Crippen LogP contribution is -1.88. The molecule has 0 saturated heterocycles. The van der Waals surface area contributed by atoms with Crippen LogP contribution >= 0.6 is 0 Å². The van der Waals surface area contributed by atoms with Gasteiger partial charge >= 0.3 is 0 Å². The summed E-state index contributed by atoms with van der Waals surface area (Å²) < 4.78 is 0. The van der Waals surface area contributed by atoms with Crippen molar-refractivity contribution in [3.63, 3.8) is 0 Å². The number of rotatable bonds is 2. The number of aryl methyl sites for hydroxylation is 1. The second kappa shape index (κ2) is 10.8. The van der Waals surface area contributed by atoms with Crippen molar-refractivity contribution < 1.29 is 0 Å². The molecule has 41 heavy (non-hydrogen) atoms. The molecule has 0 aliphatic carbocycles. The minimum Gasteiger partial charge on any atom is -0.0622 e. The standard InChI is InChI=1S/C21H16.C20H14/c1-15-17-11-5-7-13-19(17)21(16-9-3-2-4-10-16)20-14-8-6-12-18(15)20;1-2-8-15(9-3-1)20-18-12-6-4-10-16(18)14-17-11-5-7-13-19(17)20/h2-14H,1H3;1-14H. The molecule has 0 aromatic heterocycles. The lowest BCUT2D eigenvalue weighted by Gasteiger charge is -2.15. The Labute approximate surface area is 241 Å². The molecule has 8 aromatic carbocycles. The lowest BCUT2D eigenvalue weighted by molar-refractivity contribution is 1.57. The first-order valence-electron chi connectivity index (χ1n) is 14.2. The lowest BCUT2D eigenvalue weighted by atomic mass is 9.89. The Morgan fingerprint density at radius 2 is 0.610 bits per heavy atom. The van der Waals surface area contributed by atoms with Gasteiger partial charge in [0.05, 0.1) is 0 Å². The number of benzene rings is 8. The van der Waals surface area contributed by atoms with E-state index in [0.717, 1.165) is 0 Å². The molecule has 194 valence electrons. The zero-order chi connectivity index (χ0) is 27.6. The Morgan fingerprint density at radius 3 is 1.05 bits per heavy atom. The van der Waals surface area contributed by atoms with Gasteiger partial charge in [-0.1, -0.05) is 158 Å². The van der Waals surface area contributed by atoms with Crippen LogP contribution in [0.15, 0.2) is 164 Å². The van der Waals surface area contributed by atoms with E-state index in [1.807, 2.05) is 0 Å². The van der Waals surface area contributed by atoms with Crippen molar-refractivity contribution in [2.45, 2.75) is 6.92 Å². The van der Waals surface area contributed by atoms with Crippen LogP contribution in [0.4, 0.5) is 0 Å². The normalized spacial score (nSPS) is 11.0. The predicted molar refractivity (Wildman–Crippen MR) is 179 cm³/mol. The van der Waals surface area contributed by atoms with Crippen LogP contribution in [0.25, 0.3) is 65.3 Å². The third kappa shape index (κ3) is 4.54. The number of fused-ring (bicyclic) bond motifs is 4. The van der Waals surface area contributed by atoms with Crippen molar-refractivity contribution in [3.05, 3.63) is 169 Å². The average Bonchev–Trinajstić information content (AvgIpc) is 3.05. The maximum absolute atomic E-state index is 2.27. The van der Waals surface area contributed by atoms with Gasteiger partial charge < -0.3 is 0 Å². The molecule has 0 amide bonds. The third-order valence-corrected chi connectivity index (χ3v) is 8.10. The molecule has 0 unspecified atom stereocenters. The van der Waals surface area contributed by atoms with Gasteiger partial charge in [0, 0.05) is 0 Å². The molecule has 0 atom stereocenters. The Kier molecular flexibility index (Phi) is 6.51. The number of hydrogen-bond acceptors (Lipinski definition) is 0. The van der Waals surface area contributed by atoms with Gasteiger partial charge in [-0.05, 0) is 83.9 Å². The van der Waals surface area contributed by atoms with E-state index in [9.17, 15) is 0 Å². The highest BCUT2D eigenvalue weighted by Gasteiger charge is 2.12. The topological polar surface area (TPSA) is 0 Å². The van der Waals surface area contributed by atoms with Crippen molar-refractivity contribution in [3.8, 4) is 22.3 Å². The highest BCUT2D eigenvalue weighted by atomic mass is 14.2. The molecule has 0 bridgehead atoms. The first-order chi connectivity index (χ1) is 20.3. The third-order valence-electron chi connectivity index (χ3n) is 8.10. The summed E-state index contributed by atoms with van der Waals surface area (Å²) in [6.45, 7) is 2.22. The van der Waals surface area contributed by atoms with Crippen molar-refractivity contribution in [2.24, 2.45) is 0 Å². The molecule has 0 fully saturated rings. The molecule has 0 aliphatic rings. The van der Waals surface area contributed by atoms with Crippen LogP contribution in [0.1, 0.15) is 5.56 Å². The minimum atomic E-state index is 1.28. The summed E-state index contributed by atoms with van der Waals surface area (Å²) >= 11 is 0. The second-order valence-corrected chi connectivity index (χ2v) is 10.5. The summed E-state index contributed by atoms with van der Waals surface area (Å²) in [4.78, 5) is 0. The molecule has 8 aromatic rings. The fourth-order valence-corrected chi connectivity index (χ4v) is 6.19. The number of hydrogen-bond donors (Lipinski definition) is 0. The van der Waals surface area contributed by atoms with Gasteiger partial charge in [-0.25, -0.2) is 0 Å². The Bertz CT molecular complexity index is 2030. The van der Waals surface area contributed by atoms with E-state index >= 15 is 0 Å². The van der Waals surface area contributed by atoms with Crippen molar-refractivity contribution in [2.75, 3.05) is 0 Å². The summed E-state index contributed by atoms with van der Waals surface area (Å²) in [6, 6.07) is 58.3. The molecule has 0 N–H and O–H groups in total. The van der Waals surface area contributed by atoms with Crippen LogP contribution in [0.2, 0.25) is 0 Å². The van der Waals surface area contributed by atoms with Gasteiger partial charge in [-0.3, -0.25) is 0 Å². The van der Waals surface area contributed by atoms with Crippen LogP contribution in [0, 0.1) is 6.92 Å². The van der Waals surface area contributed by atoms with E-state index < -0.39 is 0 Å². The van der Waals surface area contributed by atoms with Crippen LogP contribution < -0.4 is 0 Å². The summed E-state index contributed by atoms with van der Waals surface area (Å²) in [5.74, 6) is 0. The molecule has 0 aliphatic heterocycles. The summed E-state index contributed by atoms with van der Waals surface area (Å²) in [6.07, 6.45) is 0. The molecular weight excluding hydrogens is 492 g/mol. The smallest absolute Gasteiger partial charge is 0.00266 e. The van der Waals surface area contributed by atoms with Crippen LogP contribution in [-0.4, -0.2) is 0 Å². The highest BCUT2D eigenvalue weighted by molar-refractivity contribution is 6.15. The minimum absolute atomic E-state index is 1.28. The summed E-state index contributed by atoms with van der Waals surface area (Å²) in [7, 11) is 0. The van der Waals surface area contributed by atoms with E-state index in [1.165, 1.54) is 70.9 Å². The van der Waals surface area contributed by atoms with E-state index in [1.54, 1.807) is 0 Å². The molecule has 0 heteroatoms. The highest BCUT2D eigenvalue weighted by Crippen LogP contribution is 2.39. The van der Waals surface area contributed by atoms with Crippen molar-refractivity contribution >= 4 is 43.1 Å². The second-order valence-electron chi connectivity index (χ2n) is 10.5. The van der Waals surface area contributed by atoms with Crippen LogP contribution in [-0.2, 0) is 0 Å². The van der Waals surface area contributed by atoms with Gasteiger partial charge in [0.15, 0.2) is 0 Å². The maximum atomic E-state index is 2.27. The average molecular weight is 523 g/mol. The van der Waals surface area contributed by atoms with Gasteiger partial charge in [0.1, 0.15) is 0 Å². The summed E-state index contributed by atoms with van der Waals surface area (Å²) in [5, 5.41) is 10.6. The molecule has 0 radical (unpaired) electrons. The first-order valence-corrected chi connectivity index (χ1v) is 14.2. The fraction of sp³-hybridized carbons (Fsp3) is 0.0244. The van der Waals surface area contributed by atoms with Gasteiger partial charge in [-0.2, -0.15) is 0 Å². The zero-order valence-electron chi connectivity index (χ0n) is 23.1. The zero-order valence-corrected chi connectivity index (χ0v) is 23.1. The molecular formula is C41H30. The van der Waals surface area contributed by atoms with Gasteiger partial charge in [0.25, 0.3) is 0 Å². The van der Waals surface area contributed by atoms with Gasteiger partial charge in [-0.15, -0.1) is 0 Å². The van der Waals surface area contributed by atoms with E-state index in [4.69, 9.17) is 0 Å². The van der Waals surface area contributed by atoms with Gasteiger partial charge in [0.2, 0.25) is 0 Å². The van der Waals surface area contributed by atoms with E-state index in [0.29, 0.717) is 0 Å². The summed E-state index contributed by atoms with van der Waals surface area (Å²) in [5.41, 5.74) is 6.60. The quantitative estimate of drug-likeness (QED) is 0.198. The van der Waals surface area contributed by atoms with E-state index in [2.05, 4.69) is 171 Å². The fourth-order valence-electron chi connectivity index (χ4n) is 6.19. The molecule has 0 spiro atoms. The van der Waals surface area contributed by atoms with Crippen molar-refractivity contribution in [1.82, 2.24) is 0 Å². The predicted octanol–water partition coefficient (Wildman–Crippen LogP) is 11.6. The molecule has 0 saturated carbocycles. The van der Waals surface area contributed by atoms with Crippen LogP contribution in [0.3, 0.4) is 0 Å².